The van der Waals surface area contributed by atoms with Crippen LogP contribution in [-0.2, 0) is 11.8 Å². The van der Waals surface area contributed by atoms with Gasteiger partial charge in [0.05, 0.1) is 11.9 Å². The second kappa shape index (κ2) is 5.28. The van der Waals surface area contributed by atoms with Gasteiger partial charge in [-0.1, -0.05) is 11.6 Å². The van der Waals surface area contributed by atoms with E-state index in [1.165, 1.54) is 17.5 Å². The third-order valence-corrected chi connectivity index (χ3v) is 3.89. The highest BCUT2D eigenvalue weighted by molar-refractivity contribution is 6.32. The van der Waals surface area contributed by atoms with Crippen molar-refractivity contribution in [1.82, 2.24) is 9.78 Å². The third kappa shape index (κ3) is 2.84. The number of aromatic nitrogens is 2. The molecular formula is C12H18ClN3O2. The molecule has 1 heterocycles. The highest BCUT2D eigenvalue weighted by atomic mass is 35.5. The summed E-state index contributed by atoms with van der Waals surface area (Å²) < 4.78 is 6.34. The van der Waals surface area contributed by atoms with Crippen molar-refractivity contribution in [2.24, 2.45) is 12.5 Å². The molecule has 0 spiro atoms. The van der Waals surface area contributed by atoms with Crippen molar-refractivity contribution in [3.8, 4) is 0 Å². The molecule has 0 saturated heterocycles. The maximum atomic E-state index is 11.6. The van der Waals surface area contributed by atoms with Crippen LogP contribution in [0.4, 0.5) is 5.69 Å². The Bertz CT molecular complexity index is 483. The molecule has 0 bridgehead atoms. The van der Waals surface area contributed by atoms with Gasteiger partial charge in [0.25, 0.3) is 5.56 Å². The van der Waals surface area contributed by atoms with Crippen molar-refractivity contribution in [2.75, 3.05) is 25.6 Å². The fraction of sp³-hybridized carbons (Fsp3) is 0.667. The van der Waals surface area contributed by atoms with Gasteiger partial charge in [-0.3, -0.25) is 4.79 Å². The summed E-state index contributed by atoms with van der Waals surface area (Å²) in [6.07, 6.45) is 5.01. The van der Waals surface area contributed by atoms with Gasteiger partial charge in [-0.2, -0.15) is 5.10 Å². The number of nitrogens with one attached hydrogen (secondary N) is 1. The van der Waals surface area contributed by atoms with Crippen molar-refractivity contribution in [3.63, 3.8) is 0 Å². The van der Waals surface area contributed by atoms with Crippen molar-refractivity contribution in [3.05, 3.63) is 21.6 Å². The molecule has 100 valence electrons. The Morgan fingerprint density at radius 2 is 2.33 bits per heavy atom. The summed E-state index contributed by atoms with van der Waals surface area (Å²) in [5.41, 5.74) is 0.646. The van der Waals surface area contributed by atoms with E-state index in [0.717, 1.165) is 19.6 Å². The average molecular weight is 272 g/mol. The number of methoxy groups -OCH3 is 1. The molecule has 1 saturated carbocycles. The highest BCUT2D eigenvalue weighted by Gasteiger charge is 2.41. The van der Waals surface area contributed by atoms with Crippen molar-refractivity contribution in [1.29, 1.82) is 0 Å². The molecule has 1 N–H and O–H groups in total. The maximum absolute atomic E-state index is 11.6. The second-order valence-electron chi connectivity index (χ2n) is 4.90. The van der Waals surface area contributed by atoms with E-state index in [1.807, 2.05) is 0 Å². The van der Waals surface area contributed by atoms with Crippen LogP contribution < -0.4 is 10.9 Å². The van der Waals surface area contributed by atoms with Crippen molar-refractivity contribution in [2.45, 2.75) is 19.3 Å². The molecule has 6 heteroatoms. The first-order valence-electron chi connectivity index (χ1n) is 6.03. The van der Waals surface area contributed by atoms with Crippen LogP contribution in [0.1, 0.15) is 19.3 Å². The summed E-state index contributed by atoms with van der Waals surface area (Å²) in [6.45, 7) is 1.58. The molecule has 1 aromatic rings. The number of aryl methyl sites for hydroxylation is 1. The standard InChI is InChI=1S/C12H18ClN3O2/c1-16-11(17)10(13)9(7-15-16)14-8-12(3-4-12)5-6-18-2/h7,14H,3-6,8H2,1-2H3. The number of halogens is 1. The molecule has 1 aromatic heterocycles. The lowest BCUT2D eigenvalue weighted by atomic mass is 10.0. The summed E-state index contributed by atoms with van der Waals surface area (Å²) in [6, 6.07) is 0. The normalized spacial score (nSPS) is 16.6. The van der Waals surface area contributed by atoms with E-state index in [4.69, 9.17) is 16.3 Å². The Kier molecular flexibility index (Phi) is 3.92. The Hall–Kier alpha value is -1.07. The van der Waals surface area contributed by atoms with Crippen LogP contribution in [0.5, 0.6) is 0 Å². The lowest BCUT2D eigenvalue weighted by molar-refractivity contribution is 0.175. The largest absolute Gasteiger partial charge is 0.385 e. The number of nitrogens with zero attached hydrogens (tertiary/aromatic N) is 2. The molecule has 1 aliphatic carbocycles. The maximum Gasteiger partial charge on any atom is 0.287 e. The van der Waals surface area contributed by atoms with E-state index in [1.54, 1.807) is 20.4 Å². The van der Waals surface area contributed by atoms with E-state index in [2.05, 4.69) is 10.4 Å². The summed E-state index contributed by atoms with van der Waals surface area (Å²) in [5.74, 6) is 0. The topological polar surface area (TPSA) is 56.1 Å². The van der Waals surface area contributed by atoms with E-state index in [-0.39, 0.29) is 10.6 Å². The first-order valence-corrected chi connectivity index (χ1v) is 6.40. The molecule has 1 fully saturated rings. The van der Waals surface area contributed by atoms with Gasteiger partial charge < -0.3 is 10.1 Å². The van der Waals surface area contributed by atoms with Crippen LogP contribution >= 0.6 is 11.6 Å². The Labute approximate surface area is 111 Å². The predicted molar refractivity (Wildman–Crippen MR) is 71.1 cm³/mol. The van der Waals surface area contributed by atoms with E-state index < -0.39 is 0 Å². The molecule has 0 aliphatic heterocycles. The Morgan fingerprint density at radius 3 is 2.94 bits per heavy atom. The molecule has 0 atom stereocenters. The highest BCUT2D eigenvalue weighted by Crippen LogP contribution is 2.48. The minimum Gasteiger partial charge on any atom is -0.385 e. The van der Waals surface area contributed by atoms with Gasteiger partial charge in [0.1, 0.15) is 5.02 Å². The molecular weight excluding hydrogens is 254 g/mol. The Balaban J connectivity index is 1.99. The summed E-state index contributed by atoms with van der Waals surface area (Å²) >= 11 is 5.99. The second-order valence-corrected chi connectivity index (χ2v) is 5.28. The number of rotatable bonds is 6. The molecule has 0 amide bonds. The third-order valence-electron chi connectivity index (χ3n) is 3.53. The lowest BCUT2D eigenvalue weighted by Gasteiger charge is -2.16. The van der Waals surface area contributed by atoms with E-state index >= 15 is 0 Å². The van der Waals surface area contributed by atoms with Crippen LogP contribution in [0.3, 0.4) is 0 Å². The fourth-order valence-electron chi connectivity index (χ4n) is 1.93. The van der Waals surface area contributed by atoms with Crippen LogP contribution in [0.2, 0.25) is 5.02 Å². The fourth-order valence-corrected chi connectivity index (χ4v) is 2.17. The van der Waals surface area contributed by atoms with Gasteiger partial charge in [0.15, 0.2) is 0 Å². The number of hydrogen-bond donors (Lipinski definition) is 1. The van der Waals surface area contributed by atoms with Crippen LogP contribution in [0.15, 0.2) is 11.0 Å². The summed E-state index contributed by atoms with van der Waals surface area (Å²) in [4.78, 5) is 11.6. The number of hydrogen-bond acceptors (Lipinski definition) is 4. The van der Waals surface area contributed by atoms with E-state index in [9.17, 15) is 4.79 Å². The summed E-state index contributed by atoms with van der Waals surface area (Å²) in [7, 11) is 3.30. The first kappa shape index (κ1) is 13.4. The van der Waals surface area contributed by atoms with E-state index in [0.29, 0.717) is 11.1 Å². The molecule has 0 unspecified atom stereocenters. The monoisotopic (exact) mass is 271 g/mol. The van der Waals surface area contributed by atoms with Gasteiger partial charge in [0, 0.05) is 27.3 Å². The molecule has 18 heavy (non-hydrogen) atoms. The molecule has 0 aromatic carbocycles. The zero-order valence-corrected chi connectivity index (χ0v) is 11.5. The van der Waals surface area contributed by atoms with Crippen molar-refractivity contribution < 1.29 is 4.74 Å². The SMILES string of the molecule is COCCC1(CNc2cnn(C)c(=O)c2Cl)CC1. The summed E-state index contributed by atoms with van der Waals surface area (Å²) in [5, 5.41) is 7.39. The molecule has 5 nitrogen and oxygen atoms in total. The van der Waals surface area contributed by atoms with Gasteiger partial charge in [0.2, 0.25) is 0 Å². The molecule has 1 aliphatic rings. The number of ether oxygens (including phenoxy) is 1. The average Bonchev–Trinajstić information content (AvgIpc) is 3.13. The van der Waals surface area contributed by atoms with Gasteiger partial charge >= 0.3 is 0 Å². The first-order chi connectivity index (χ1) is 8.58. The molecule has 2 rings (SSSR count). The van der Waals surface area contributed by atoms with Gasteiger partial charge in [-0.15, -0.1) is 0 Å². The van der Waals surface area contributed by atoms with Crippen LogP contribution in [-0.4, -0.2) is 30.0 Å². The number of anilines is 1. The van der Waals surface area contributed by atoms with Crippen molar-refractivity contribution >= 4 is 17.3 Å². The smallest absolute Gasteiger partial charge is 0.287 e. The predicted octanol–water partition coefficient (Wildman–Crippen LogP) is 1.66. The van der Waals surface area contributed by atoms with Gasteiger partial charge in [-0.05, 0) is 24.7 Å². The quantitative estimate of drug-likeness (QED) is 0.855. The minimum absolute atomic E-state index is 0.204. The van der Waals surface area contributed by atoms with Crippen LogP contribution in [0, 0.1) is 5.41 Å². The Morgan fingerprint density at radius 1 is 1.61 bits per heavy atom. The zero-order chi connectivity index (χ0) is 13.2. The van der Waals surface area contributed by atoms with Crippen LogP contribution in [0.25, 0.3) is 0 Å². The zero-order valence-electron chi connectivity index (χ0n) is 10.7. The lowest BCUT2D eigenvalue weighted by Crippen LogP contribution is -2.23. The molecule has 0 radical (unpaired) electrons. The van der Waals surface area contributed by atoms with Gasteiger partial charge in [-0.25, -0.2) is 4.68 Å². The minimum atomic E-state index is -0.275.